The van der Waals surface area contributed by atoms with Crippen LogP contribution in [0.1, 0.15) is 63.1 Å². The Morgan fingerprint density at radius 2 is 1.40 bits per heavy atom. The summed E-state index contributed by atoms with van der Waals surface area (Å²) in [4.78, 5) is 0. The number of hydrogen-bond donors (Lipinski definition) is 0. The second kappa shape index (κ2) is 8.95. The van der Waals surface area contributed by atoms with Gasteiger partial charge in [0.1, 0.15) is 11.4 Å². The third-order valence-electron chi connectivity index (χ3n) is 4.39. The van der Waals surface area contributed by atoms with Crippen LogP contribution in [-0.4, -0.2) is 5.60 Å². The maximum Gasteiger partial charge on any atom is 0.120 e. The molecule has 2 nitrogen and oxygen atoms in total. The minimum Gasteiger partial charge on any atom is -0.488 e. The molecule has 0 radical (unpaired) electrons. The Labute approximate surface area is 151 Å². The molecule has 25 heavy (non-hydrogen) atoms. The molecule has 0 aliphatic carbocycles. The number of ether oxygens (including phenoxy) is 1. The number of hydrogen-bond acceptors (Lipinski definition) is 2. The van der Waals surface area contributed by atoms with E-state index in [0.29, 0.717) is 5.56 Å². The Kier molecular flexibility index (Phi) is 6.67. The molecule has 0 bridgehead atoms. The van der Waals surface area contributed by atoms with E-state index in [1.54, 1.807) is 12.1 Å². The lowest BCUT2D eigenvalue weighted by Crippen LogP contribution is -2.31. The number of nitriles is 1. The quantitative estimate of drug-likeness (QED) is 0.636. The van der Waals surface area contributed by atoms with Gasteiger partial charge in [0.25, 0.3) is 0 Å². The molecule has 2 aromatic rings. The molecular weight excluding hydrogens is 306 g/mol. The first-order chi connectivity index (χ1) is 12.1. The van der Waals surface area contributed by atoms with E-state index in [2.05, 4.69) is 38.7 Å². The van der Waals surface area contributed by atoms with E-state index in [9.17, 15) is 0 Å². The topological polar surface area (TPSA) is 33.0 Å². The average molecular weight is 331 g/mol. The van der Waals surface area contributed by atoms with Crippen molar-refractivity contribution in [2.75, 3.05) is 0 Å². The molecule has 0 aliphatic rings. The zero-order chi connectivity index (χ0) is 18.1. The van der Waals surface area contributed by atoms with Gasteiger partial charge in [-0.25, -0.2) is 0 Å². The lowest BCUT2D eigenvalue weighted by Gasteiger charge is -2.29. The largest absolute Gasteiger partial charge is 0.488 e. The first kappa shape index (κ1) is 18.6. The maximum absolute atomic E-state index is 8.81. The van der Waals surface area contributed by atoms with Crippen LogP contribution in [0.25, 0.3) is 0 Å². The highest BCUT2D eigenvalue weighted by molar-refractivity contribution is 5.46. The third kappa shape index (κ3) is 5.70. The van der Waals surface area contributed by atoms with Gasteiger partial charge >= 0.3 is 0 Å². The number of nitrogens with zero attached hydrogens (tertiary/aromatic N) is 1. The van der Waals surface area contributed by atoms with Gasteiger partial charge in [-0.15, -0.1) is 0 Å². The molecule has 0 heterocycles. The Morgan fingerprint density at radius 3 is 1.88 bits per heavy atom. The van der Waals surface area contributed by atoms with Crippen molar-refractivity contribution >= 4 is 0 Å². The van der Waals surface area contributed by atoms with Gasteiger partial charge in [0.15, 0.2) is 0 Å². The molecule has 2 aromatic carbocycles. The number of benzene rings is 2. The highest BCUT2D eigenvalue weighted by Gasteiger charge is 2.23. The Balaban J connectivity index is 2.04. The molecule has 0 aromatic heterocycles. The van der Waals surface area contributed by atoms with Crippen LogP contribution in [0.3, 0.4) is 0 Å². The second-order valence-corrected chi connectivity index (χ2v) is 6.47. The highest BCUT2D eigenvalue weighted by Crippen LogP contribution is 2.26. The molecule has 2 heteroatoms. The van der Waals surface area contributed by atoms with Crippen molar-refractivity contribution in [3.63, 3.8) is 0 Å². The minimum absolute atomic E-state index is 0.105. The van der Waals surface area contributed by atoms with Crippen LogP contribution in [0.2, 0.25) is 0 Å². The van der Waals surface area contributed by atoms with Crippen molar-refractivity contribution in [2.45, 2.75) is 52.1 Å². The lowest BCUT2D eigenvalue weighted by atomic mass is 9.96. The van der Waals surface area contributed by atoms with E-state index < -0.39 is 0 Å². The van der Waals surface area contributed by atoms with Crippen LogP contribution < -0.4 is 4.74 Å². The van der Waals surface area contributed by atoms with Crippen molar-refractivity contribution in [3.8, 4) is 23.7 Å². The van der Waals surface area contributed by atoms with Gasteiger partial charge < -0.3 is 4.74 Å². The van der Waals surface area contributed by atoms with E-state index in [4.69, 9.17) is 10.00 Å². The van der Waals surface area contributed by atoms with E-state index in [0.717, 1.165) is 29.7 Å². The molecule has 0 fully saturated rings. The lowest BCUT2D eigenvalue weighted by molar-refractivity contribution is 0.0724. The van der Waals surface area contributed by atoms with E-state index in [1.165, 1.54) is 12.8 Å². The third-order valence-corrected chi connectivity index (χ3v) is 4.39. The van der Waals surface area contributed by atoms with Crippen LogP contribution in [0, 0.1) is 23.2 Å². The number of rotatable bonds is 6. The molecule has 1 atom stereocenters. The summed E-state index contributed by atoms with van der Waals surface area (Å²) in [6.07, 6.45) is 4.43. The summed E-state index contributed by atoms with van der Waals surface area (Å²) in [7, 11) is 0. The molecule has 0 spiro atoms. The predicted octanol–water partition coefficient (Wildman–Crippen LogP) is 5.70. The first-order valence-corrected chi connectivity index (χ1v) is 8.90. The van der Waals surface area contributed by atoms with Crippen LogP contribution in [0.15, 0.2) is 48.5 Å². The van der Waals surface area contributed by atoms with Gasteiger partial charge in [0.05, 0.1) is 11.6 Å². The van der Waals surface area contributed by atoms with Crippen LogP contribution >= 0.6 is 0 Å². The highest BCUT2D eigenvalue weighted by atomic mass is 16.5. The zero-order valence-electron chi connectivity index (χ0n) is 15.3. The van der Waals surface area contributed by atoms with Crippen molar-refractivity contribution in [1.82, 2.24) is 0 Å². The van der Waals surface area contributed by atoms with Gasteiger partial charge in [-0.2, -0.15) is 5.26 Å². The Hall–Kier alpha value is -2.71. The summed E-state index contributed by atoms with van der Waals surface area (Å²) in [5.41, 5.74) is 2.39. The molecule has 0 aliphatic heterocycles. The van der Waals surface area contributed by atoms with Crippen LogP contribution in [0.5, 0.6) is 5.75 Å². The van der Waals surface area contributed by atoms with Gasteiger partial charge in [-0.1, -0.05) is 32.1 Å². The van der Waals surface area contributed by atoms with Crippen molar-refractivity contribution < 1.29 is 4.74 Å². The second-order valence-electron chi connectivity index (χ2n) is 6.47. The summed E-state index contributed by atoms with van der Waals surface area (Å²) in [5, 5.41) is 8.81. The molecular formula is C23H25NO. The summed E-state index contributed by atoms with van der Waals surface area (Å²) < 4.78 is 6.22. The number of unbranched alkanes of at least 4 members (excludes halogenated alkanes) is 1. The fourth-order valence-electron chi connectivity index (χ4n) is 2.51. The molecule has 1 unspecified atom stereocenters. The molecule has 0 amide bonds. The molecule has 0 saturated carbocycles. The van der Waals surface area contributed by atoms with E-state index >= 15 is 0 Å². The Bertz CT molecular complexity index is 772. The predicted molar refractivity (Wildman–Crippen MR) is 102 cm³/mol. The maximum atomic E-state index is 8.81. The Morgan fingerprint density at radius 1 is 0.880 bits per heavy atom. The van der Waals surface area contributed by atoms with Gasteiger partial charge in [0.2, 0.25) is 0 Å². The average Bonchev–Trinajstić information content (AvgIpc) is 2.66. The SMILES string of the molecule is CCCCC(C)(CC)Oc1ccc(C#Cc2ccc(C#N)cc2)cc1. The zero-order valence-corrected chi connectivity index (χ0v) is 15.3. The summed E-state index contributed by atoms with van der Waals surface area (Å²) in [5.74, 6) is 7.16. The molecule has 128 valence electrons. The standard InChI is InChI=1S/C23H25NO/c1-4-6-17-23(3,5-2)25-22-15-13-20(14-16-22)8-7-19-9-11-21(18-24)12-10-19/h9-16H,4-6,17H2,1-3H3. The fraction of sp³-hybridized carbons (Fsp3) is 0.348. The normalized spacial score (nSPS) is 12.4. The molecule has 0 saturated heterocycles. The molecule has 0 N–H and O–H groups in total. The first-order valence-electron chi connectivity index (χ1n) is 8.90. The summed E-state index contributed by atoms with van der Waals surface area (Å²) in [6.45, 7) is 6.56. The van der Waals surface area contributed by atoms with E-state index in [-0.39, 0.29) is 5.60 Å². The van der Waals surface area contributed by atoms with Crippen molar-refractivity contribution in [1.29, 1.82) is 5.26 Å². The van der Waals surface area contributed by atoms with Crippen molar-refractivity contribution in [3.05, 3.63) is 65.2 Å². The monoisotopic (exact) mass is 331 g/mol. The summed E-state index contributed by atoms with van der Waals surface area (Å²) >= 11 is 0. The van der Waals surface area contributed by atoms with Gasteiger partial charge in [-0.3, -0.25) is 0 Å². The smallest absolute Gasteiger partial charge is 0.120 e. The molecule has 2 rings (SSSR count). The van der Waals surface area contributed by atoms with E-state index in [1.807, 2.05) is 36.4 Å². The summed E-state index contributed by atoms with van der Waals surface area (Å²) in [6, 6.07) is 17.4. The minimum atomic E-state index is -0.105. The fourth-order valence-corrected chi connectivity index (χ4v) is 2.51. The van der Waals surface area contributed by atoms with Crippen molar-refractivity contribution in [2.24, 2.45) is 0 Å². The van der Waals surface area contributed by atoms with Crippen LogP contribution in [0.4, 0.5) is 0 Å². The van der Waals surface area contributed by atoms with Gasteiger partial charge in [0, 0.05) is 11.1 Å². The van der Waals surface area contributed by atoms with Gasteiger partial charge in [-0.05, 0) is 74.7 Å². The van der Waals surface area contributed by atoms with Crippen LogP contribution in [-0.2, 0) is 0 Å².